The fourth-order valence-corrected chi connectivity index (χ4v) is 5.77. The Hall–Kier alpha value is -3.05. The maximum absolute atomic E-state index is 13.8. The molecule has 4 rings (SSSR count). The highest BCUT2D eigenvalue weighted by Gasteiger charge is 2.32. The van der Waals surface area contributed by atoms with E-state index in [4.69, 9.17) is 0 Å². The molecule has 1 aliphatic carbocycles. The molecule has 1 aliphatic rings. The van der Waals surface area contributed by atoms with E-state index in [1.807, 2.05) is 47.4 Å². The Kier molecular flexibility index (Phi) is 9.84. The molecular formula is C32H38N2O2S. The Labute approximate surface area is 225 Å². The monoisotopic (exact) mass is 514 g/mol. The van der Waals surface area contributed by atoms with E-state index in [1.54, 1.807) is 11.8 Å². The van der Waals surface area contributed by atoms with Crippen LogP contribution in [0.4, 0.5) is 0 Å². The van der Waals surface area contributed by atoms with Crippen molar-refractivity contribution in [1.82, 2.24) is 10.2 Å². The molecule has 1 fully saturated rings. The lowest BCUT2D eigenvalue weighted by Gasteiger charge is -2.33. The van der Waals surface area contributed by atoms with Gasteiger partial charge in [-0.15, -0.1) is 11.8 Å². The van der Waals surface area contributed by atoms with E-state index in [9.17, 15) is 9.59 Å². The van der Waals surface area contributed by atoms with Crippen LogP contribution in [0.3, 0.4) is 0 Å². The quantitative estimate of drug-likeness (QED) is 0.298. The normalized spacial score (nSPS) is 14.3. The number of carbonyl (C=O) groups is 2. The molecular weight excluding hydrogens is 476 g/mol. The number of rotatable bonds is 11. The van der Waals surface area contributed by atoms with Crippen molar-refractivity contribution in [3.05, 3.63) is 101 Å². The number of aryl methyl sites for hydroxylation is 2. The second kappa shape index (κ2) is 13.5. The van der Waals surface area contributed by atoms with Crippen molar-refractivity contribution in [1.29, 1.82) is 0 Å². The number of nitrogens with one attached hydrogen (secondary N) is 1. The van der Waals surface area contributed by atoms with Gasteiger partial charge in [0.1, 0.15) is 6.04 Å². The van der Waals surface area contributed by atoms with E-state index < -0.39 is 6.04 Å². The number of nitrogens with zero attached hydrogens (tertiary/aromatic N) is 1. The van der Waals surface area contributed by atoms with Gasteiger partial charge >= 0.3 is 0 Å². The molecule has 0 saturated heterocycles. The topological polar surface area (TPSA) is 49.4 Å². The number of hydrogen-bond acceptors (Lipinski definition) is 3. The van der Waals surface area contributed by atoms with Gasteiger partial charge in [0, 0.05) is 36.1 Å². The fourth-order valence-electron chi connectivity index (χ4n) is 4.93. The van der Waals surface area contributed by atoms with Crippen molar-refractivity contribution in [2.45, 2.75) is 75.9 Å². The molecule has 0 aromatic heterocycles. The van der Waals surface area contributed by atoms with E-state index in [-0.39, 0.29) is 17.9 Å². The van der Waals surface area contributed by atoms with Crippen LogP contribution < -0.4 is 5.32 Å². The summed E-state index contributed by atoms with van der Waals surface area (Å²) in [5, 5.41) is 3.28. The van der Waals surface area contributed by atoms with Gasteiger partial charge in [-0.1, -0.05) is 85.1 Å². The smallest absolute Gasteiger partial charge is 0.243 e. The first-order valence-electron chi connectivity index (χ1n) is 13.4. The first-order chi connectivity index (χ1) is 18.0. The summed E-state index contributed by atoms with van der Waals surface area (Å²) in [6.45, 7) is 4.57. The molecule has 2 amide bonds. The number of benzene rings is 3. The minimum atomic E-state index is -0.556. The number of thioether (sulfide) groups is 1. The third kappa shape index (κ3) is 7.96. The largest absolute Gasteiger partial charge is 0.352 e. The van der Waals surface area contributed by atoms with Crippen LogP contribution in [-0.4, -0.2) is 34.6 Å². The first kappa shape index (κ1) is 27.0. The standard InChI is InChI=1S/C32H38N2O2S/c1-24-16-18-29(19-17-24)37-21-20-31(35)34(23-27-13-7-6-10-25(27)2)30(22-26-11-4-3-5-12-26)32(36)33-28-14-8-9-15-28/h3-7,10-13,16-19,28,30H,8-9,14-15,20-23H2,1-2H3,(H,33,36). The number of hydrogen-bond donors (Lipinski definition) is 1. The average Bonchev–Trinajstić information content (AvgIpc) is 3.42. The van der Waals surface area contributed by atoms with Crippen molar-refractivity contribution in [2.24, 2.45) is 0 Å². The highest BCUT2D eigenvalue weighted by Crippen LogP contribution is 2.23. The Bertz CT molecular complexity index is 1160. The minimum absolute atomic E-state index is 0.0189. The molecule has 0 spiro atoms. The fraction of sp³-hybridized carbons (Fsp3) is 0.375. The van der Waals surface area contributed by atoms with Crippen LogP contribution >= 0.6 is 11.8 Å². The van der Waals surface area contributed by atoms with E-state index >= 15 is 0 Å². The third-order valence-corrected chi connectivity index (χ3v) is 8.19. The van der Waals surface area contributed by atoms with Gasteiger partial charge in [0.25, 0.3) is 0 Å². The molecule has 0 aliphatic heterocycles. The summed E-state index contributed by atoms with van der Waals surface area (Å²) in [5.41, 5.74) is 4.49. The zero-order chi connectivity index (χ0) is 26.0. The van der Waals surface area contributed by atoms with Gasteiger partial charge in [0.15, 0.2) is 0 Å². The lowest BCUT2D eigenvalue weighted by atomic mass is 10.0. The van der Waals surface area contributed by atoms with Crippen LogP contribution in [-0.2, 0) is 22.6 Å². The summed E-state index contributed by atoms with van der Waals surface area (Å²) < 4.78 is 0. The zero-order valence-corrected chi connectivity index (χ0v) is 22.8. The summed E-state index contributed by atoms with van der Waals surface area (Å²) in [7, 11) is 0. The Morgan fingerprint density at radius 3 is 2.30 bits per heavy atom. The van der Waals surface area contributed by atoms with Crippen LogP contribution in [0.5, 0.6) is 0 Å². The van der Waals surface area contributed by atoms with Gasteiger partial charge in [-0.2, -0.15) is 0 Å². The lowest BCUT2D eigenvalue weighted by molar-refractivity contribution is -0.141. The van der Waals surface area contributed by atoms with Crippen molar-refractivity contribution in [3.63, 3.8) is 0 Å². The molecule has 1 unspecified atom stereocenters. The van der Waals surface area contributed by atoms with Gasteiger partial charge in [-0.05, 0) is 55.5 Å². The molecule has 3 aromatic carbocycles. The second-order valence-corrected chi connectivity index (χ2v) is 11.2. The molecule has 0 bridgehead atoms. The number of amides is 2. The summed E-state index contributed by atoms with van der Waals surface area (Å²) in [4.78, 5) is 30.5. The summed E-state index contributed by atoms with van der Waals surface area (Å²) >= 11 is 1.69. The molecule has 37 heavy (non-hydrogen) atoms. The van der Waals surface area contributed by atoms with E-state index in [1.165, 1.54) is 5.56 Å². The first-order valence-corrected chi connectivity index (χ1v) is 14.4. The van der Waals surface area contributed by atoms with Crippen LogP contribution in [0.1, 0.15) is 54.4 Å². The predicted octanol–water partition coefficient (Wildman–Crippen LogP) is 6.48. The SMILES string of the molecule is Cc1ccc(SCCC(=O)N(Cc2ccccc2C)C(Cc2ccccc2)C(=O)NC2CCCC2)cc1. The maximum atomic E-state index is 13.8. The summed E-state index contributed by atoms with van der Waals surface area (Å²) in [6, 6.07) is 26.2. The Morgan fingerprint density at radius 2 is 1.59 bits per heavy atom. The van der Waals surface area contributed by atoms with Crippen molar-refractivity contribution < 1.29 is 9.59 Å². The molecule has 1 atom stereocenters. The average molecular weight is 515 g/mol. The minimum Gasteiger partial charge on any atom is -0.352 e. The highest BCUT2D eigenvalue weighted by molar-refractivity contribution is 7.99. The van der Waals surface area contributed by atoms with Crippen molar-refractivity contribution in [3.8, 4) is 0 Å². The third-order valence-electron chi connectivity index (χ3n) is 7.18. The van der Waals surface area contributed by atoms with E-state index in [2.05, 4.69) is 55.6 Å². The number of carbonyl (C=O) groups excluding carboxylic acids is 2. The Morgan fingerprint density at radius 1 is 0.919 bits per heavy atom. The van der Waals surface area contributed by atoms with Crippen molar-refractivity contribution >= 4 is 23.6 Å². The van der Waals surface area contributed by atoms with Gasteiger partial charge in [0.05, 0.1) is 0 Å². The summed E-state index contributed by atoms with van der Waals surface area (Å²) in [6.07, 6.45) is 5.22. The molecule has 0 heterocycles. The maximum Gasteiger partial charge on any atom is 0.243 e. The van der Waals surface area contributed by atoms with Crippen LogP contribution in [0.15, 0.2) is 83.8 Å². The zero-order valence-electron chi connectivity index (χ0n) is 22.0. The van der Waals surface area contributed by atoms with Gasteiger partial charge in [-0.25, -0.2) is 0 Å². The molecule has 1 saturated carbocycles. The van der Waals surface area contributed by atoms with Gasteiger partial charge in [-0.3, -0.25) is 9.59 Å². The predicted molar refractivity (Wildman–Crippen MR) is 153 cm³/mol. The van der Waals surface area contributed by atoms with E-state index in [0.29, 0.717) is 25.1 Å². The van der Waals surface area contributed by atoms with Crippen LogP contribution in [0, 0.1) is 13.8 Å². The molecule has 4 nitrogen and oxygen atoms in total. The van der Waals surface area contributed by atoms with E-state index in [0.717, 1.165) is 47.3 Å². The van der Waals surface area contributed by atoms with Gasteiger partial charge in [0.2, 0.25) is 11.8 Å². The molecule has 0 radical (unpaired) electrons. The molecule has 194 valence electrons. The van der Waals surface area contributed by atoms with Crippen LogP contribution in [0.25, 0.3) is 0 Å². The molecule has 1 N–H and O–H groups in total. The van der Waals surface area contributed by atoms with Gasteiger partial charge < -0.3 is 10.2 Å². The Balaban J connectivity index is 1.56. The summed E-state index contributed by atoms with van der Waals surface area (Å²) in [5.74, 6) is 0.656. The molecule has 5 heteroatoms. The highest BCUT2D eigenvalue weighted by atomic mass is 32.2. The van der Waals surface area contributed by atoms with Crippen LogP contribution in [0.2, 0.25) is 0 Å². The second-order valence-electron chi connectivity index (χ2n) is 10.1. The lowest BCUT2D eigenvalue weighted by Crippen LogP contribution is -2.52. The molecule has 3 aromatic rings. The van der Waals surface area contributed by atoms with Crippen molar-refractivity contribution in [2.75, 3.05) is 5.75 Å².